The molecule has 0 aliphatic heterocycles. The zero-order valence-corrected chi connectivity index (χ0v) is 7.62. The first-order valence-corrected chi connectivity index (χ1v) is 3.88. The number of ether oxygens (including phenoxy) is 2. The Hall–Kier alpha value is -1.78. The van der Waals surface area contributed by atoms with E-state index in [0.29, 0.717) is 5.75 Å². The molecule has 0 aliphatic carbocycles. The smallest absolute Gasteiger partial charge is 0.404 e. The van der Waals surface area contributed by atoms with E-state index in [1.807, 2.05) is 0 Å². The molecule has 14 heavy (non-hydrogen) atoms. The van der Waals surface area contributed by atoms with Crippen molar-refractivity contribution in [2.45, 2.75) is 6.61 Å². The number of amides is 1. The van der Waals surface area contributed by atoms with E-state index in [2.05, 4.69) is 4.74 Å². The maximum Gasteiger partial charge on any atom is 0.404 e. The molecule has 76 valence electrons. The van der Waals surface area contributed by atoms with Gasteiger partial charge in [0.2, 0.25) is 0 Å². The summed E-state index contributed by atoms with van der Waals surface area (Å²) in [6.07, 6.45) is -0.949. The van der Waals surface area contributed by atoms with Gasteiger partial charge in [-0.25, -0.2) is 9.18 Å². The Bertz CT molecular complexity index is 341. The fourth-order valence-electron chi connectivity index (χ4n) is 1.01. The van der Waals surface area contributed by atoms with Gasteiger partial charge in [-0.1, -0.05) is 6.07 Å². The van der Waals surface area contributed by atoms with Gasteiger partial charge in [0.25, 0.3) is 0 Å². The van der Waals surface area contributed by atoms with Crippen molar-refractivity contribution < 1.29 is 18.7 Å². The summed E-state index contributed by atoms with van der Waals surface area (Å²) in [6.45, 7) is -0.231. The normalized spacial score (nSPS) is 9.57. The minimum atomic E-state index is -0.949. The molecule has 4 nitrogen and oxygen atoms in total. The van der Waals surface area contributed by atoms with Crippen LogP contribution in [0.5, 0.6) is 5.75 Å². The van der Waals surface area contributed by atoms with E-state index in [4.69, 9.17) is 10.5 Å². The maximum absolute atomic E-state index is 13.2. The Balaban J connectivity index is 2.87. The van der Waals surface area contributed by atoms with Crippen LogP contribution in [0.25, 0.3) is 0 Å². The van der Waals surface area contributed by atoms with Gasteiger partial charge in [-0.3, -0.25) is 0 Å². The molecule has 1 aromatic rings. The van der Waals surface area contributed by atoms with Gasteiger partial charge in [-0.05, 0) is 12.1 Å². The lowest BCUT2D eigenvalue weighted by molar-refractivity contribution is 0.147. The van der Waals surface area contributed by atoms with Gasteiger partial charge in [-0.15, -0.1) is 0 Å². The van der Waals surface area contributed by atoms with E-state index >= 15 is 0 Å². The van der Waals surface area contributed by atoms with Crippen molar-refractivity contribution in [3.8, 4) is 5.75 Å². The van der Waals surface area contributed by atoms with Crippen molar-refractivity contribution >= 4 is 6.09 Å². The lowest BCUT2D eigenvalue weighted by Crippen LogP contribution is -2.13. The molecule has 0 fully saturated rings. The summed E-state index contributed by atoms with van der Waals surface area (Å²) < 4.78 is 22.5. The van der Waals surface area contributed by atoms with Gasteiger partial charge >= 0.3 is 6.09 Å². The summed E-state index contributed by atoms with van der Waals surface area (Å²) in [7, 11) is 1.41. The first-order valence-electron chi connectivity index (χ1n) is 3.88. The fourth-order valence-corrected chi connectivity index (χ4v) is 1.01. The van der Waals surface area contributed by atoms with Crippen LogP contribution in [0.4, 0.5) is 9.18 Å². The second kappa shape index (κ2) is 4.45. The standard InChI is InChI=1S/C9H10FNO3/c1-13-8-4-2-3-7(10)6(8)5-14-9(11)12/h2-4H,5H2,1H3,(H2,11,12). The van der Waals surface area contributed by atoms with Crippen LogP contribution < -0.4 is 10.5 Å². The summed E-state index contributed by atoms with van der Waals surface area (Å²) in [5.74, 6) is -0.170. The van der Waals surface area contributed by atoms with Crippen molar-refractivity contribution in [2.24, 2.45) is 5.73 Å². The van der Waals surface area contributed by atoms with E-state index < -0.39 is 11.9 Å². The summed E-state index contributed by atoms with van der Waals surface area (Å²) in [5.41, 5.74) is 4.93. The van der Waals surface area contributed by atoms with Crippen LogP contribution in [0.3, 0.4) is 0 Å². The van der Waals surface area contributed by atoms with E-state index in [1.165, 1.54) is 19.2 Å². The third kappa shape index (κ3) is 2.35. The van der Waals surface area contributed by atoms with Crippen LogP contribution in [-0.4, -0.2) is 13.2 Å². The summed E-state index contributed by atoms with van der Waals surface area (Å²) in [4.78, 5) is 10.3. The third-order valence-corrected chi connectivity index (χ3v) is 1.65. The fraction of sp³-hybridized carbons (Fsp3) is 0.222. The number of hydrogen-bond donors (Lipinski definition) is 1. The Labute approximate surface area is 80.4 Å². The highest BCUT2D eigenvalue weighted by Gasteiger charge is 2.10. The van der Waals surface area contributed by atoms with Crippen LogP contribution in [0.15, 0.2) is 18.2 Å². The highest BCUT2D eigenvalue weighted by molar-refractivity contribution is 5.64. The number of rotatable bonds is 3. The van der Waals surface area contributed by atoms with E-state index in [0.717, 1.165) is 0 Å². The number of carbonyl (C=O) groups excluding carboxylic acids is 1. The molecule has 0 heterocycles. The summed E-state index contributed by atoms with van der Waals surface area (Å²) >= 11 is 0. The van der Waals surface area contributed by atoms with Gasteiger partial charge in [0, 0.05) is 0 Å². The monoisotopic (exact) mass is 199 g/mol. The zero-order chi connectivity index (χ0) is 10.6. The van der Waals surface area contributed by atoms with Crippen molar-refractivity contribution in [3.05, 3.63) is 29.6 Å². The van der Waals surface area contributed by atoms with Gasteiger partial charge in [0.1, 0.15) is 18.2 Å². The van der Waals surface area contributed by atoms with Crippen LogP contribution in [0.1, 0.15) is 5.56 Å². The molecule has 2 N–H and O–H groups in total. The van der Waals surface area contributed by atoms with Crippen LogP contribution >= 0.6 is 0 Å². The minimum absolute atomic E-state index is 0.175. The number of primary amides is 1. The van der Waals surface area contributed by atoms with E-state index in [-0.39, 0.29) is 12.2 Å². The highest BCUT2D eigenvalue weighted by atomic mass is 19.1. The van der Waals surface area contributed by atoms with Crippen molar-refractivity contribution in [1.82, 2.24) is 0 Å². The molecule has 0 unspecified atom stereocenters. The predicted molar refractivity (Wildman–Crippen MR) is 47.3 cm³/mol. The Morgan fingerprint density at radius 3 is 2.86 bits per heavy atom. The summed E-state index contributed by atoms with van der Waals surface area (Å²) in [6, 6.07) is 4.33. The molecule has 0 bridgehead atoms. The molecule has 0 spiro atoms. The number of halogens is 1. The highest BCUT2D eigenvalue weighted by Crippen LogP contribution is 2.21. The first kappa shape index (κ1) is 10.3. The molecule has 5 heteroatoms. The number of hydrogen-bond acceptors (Lipinski definition) is 3. The number of benzene rings is 1. The number of nitrogens with two attached hydrogens (primary N) is 1. The van der Waals surface area contributed by atoms with E-state index in [9.17, 15) is 9.18 Å². The largest absolute Gasteiger partial charge is 0.496 e. The molecule has 0 aromatic heterocycles. The average molecular weight is 199 g/mol. The van der Waals surface area contributed by atoms with Gasteiger partial charge in [0.05, 0.1) is 12.7 Å². The van der Waals surface area contributed by atoms with Gasteiger partial charge < -0.3 is 15.2 Å². The SMILES string of the molecule is COc1cccc(F)c1COC(N)=O. The average Bonchev–Trinajstić information content (AvgIpc) is 2.15. The maximum atomic E-state index is 13.2. The molecule has 1 rings (SSSR count). The lowest BCUT2D eigenvalue weighted by atomic mass is 10.2. The molecule has 0 atom stereocenters. The van der Waals surface area contributed by atoms with Gasteiger partial charge in [0.15, 0.2) is 0 Å². The number of methoxy groups -OCH3 is 1. The minimum Gasteiger partial charge on any atom is -0.496 e. The predicted octanol–water partition coefficient (Wildman–Crippen LogP) is 1.43. The molecule has 0 aliphatic rings. The molecular weight excluding hydrogens is 189 g/mol. The van der Waals surface area contributed by atoms with Gasteiger partial charge in [-0.2, -0.15) is 0 Å². The topological polar surface area (TPSA) is 61.6 Å². The zero-order valence-electron chi connectivity index (χ0n) is 7.62. The summed E-state index contributed by atoms with van der Waals surface area (Å²) in [5, 5.41) is 0. The Morgan fingerprint density at radius 2 is 2.29 bits per heavy atom. The molecule has 1 amide bonds. The van der Waals surface area contributed by atoms with Crippen LogP contribution in [-0.2, 0) is 11.3 Å². The molecule has 1 aromatic carbocycles. The molecule has 0 saturated carbocycles. The molecule has 0 saturated heterocycles. The van der Waals surface area contributed by atoms with Crippen LogP contribution in [0, 0.1) is 5.82 Å². The lowest BCUT2D eigenvalue weighted by Gasteiger charge is -2.08. The third-order valence-electron chi connectivity index (χ3n) is 1.65. The first-order chi connectivity index (χ1) is 6.65. The van der Waals surface area contributed by atoms with Crippen molar-refractivity contribution in [3.63, 3.8) is 0 Å². The second-order valence-electron chi connectivity index (χ2n) is 2.53. The van der Waals surface area contributed by atoms with E-state index in [1.54, 1.807) is 6.07 Å². The quantitative estimate of drug-likeness (QED) is 0.800. The second-order valence-corrected chi connectivity index (χ2v) is 2.53. The molecular formula is C9H10FNO3. The Kier molecular flexibility index (Phi) is 3.28. The van der Waals surface area contributed by atoms with Crippen molar-refractivity contribution in [2.75, 3.05) is 7.11 Å². The van der Waals surface area contributed by atoms with Crippen molar-refractivity contribution in [1.29, 1.82) is 0 Å². The number of carbonyl (C=O) groups is 1. The Morgan fingerprint density at radius 1 is 1.57 bits per heavy atom. The van der Waals surface area contributed by atoms with Crippen LogP contribution in [0.2, 0.25) is 0 Å². The molecule has 0 radical (unpaired) electrons.